The SMILES string of the molecule is CNC(=O)CNC(=O)c1ccc(N2CCC(F)(F)C2)nc1NCCc1cccc(F)c1. The fraction of sp³-hybridized carbons (Fsp3) is 0.381. The Hall–Kier alpha value is -3.30. The molecule has 0 spiro atoms. The molecule has 0 bridgehead atoms. The molecule has 31 heavy (non-hydrogen) atoms. The van der Waals surface area contributed by atoms with Crippen LogP contribution in [0.15, 0.2) is 36.4 Å². The van der Waals surface area contributed by atoms with Crippen molar-refractivity contribution in [3.63, 3.8) is 0 Å². The van der Waals surface area contributed by atoms with Gasteiger partial charge in [0.2, 0.25) is 5.91 Å². The van der Waals surface area contributed by atoms with Gasteiger partial charge in [-0.15, -0.1) is 0 Å². The maximum atomic E-state index is 13.6. The molecule has 1 aromatic heterocycles. The Morgan fingerprint density at radius 2 is 2.03 bits per heavy atom. The lowest BCUT2D eigenvalue weighted by molar-refractivity contribution is -0.119. The summed E-state index contributed by atoms with van der Waals surface area (Å²) in [5.41, 5.74) is 0.936. The lowest BCUT2D eigenvalue weighted by Crippen LogP contribution is -2.35. The van der Waals surface area contributed by atoms with Gasteiger partial charge < -0.3 is 20.9 Å². The minimum atomic E-state index is -2.78. The number of aromatic nitrogens is 1. The lowest BCUT2D eigenvalue weighted by Gasteiger charge is -2.19. The van der Waals surface area contributed by atoms with Gasteiger partial charge in [-0.1, -0.05) is 12.1 Å². The van der Waals surface area contributed by atoms with Crippen molar-refractivity contribution in [3.05, 3.63) is 53.3 Å². The van der Waals surface area contributed by atoms with Gasteiger partial charge in [0.25, 0.3) is 11.8 Å². The summed E-state index contributed by atoms with van der Waals surface area (Å²) >= 11 is 0. The van der Waals surface area contributed by atoms with Crippen LogP contribution in [-0.4, -0.2) is 55.9 Å². The molecule has 3 rings (SSSR count). The van der Waals surface area contributed by atoms with Crippen molar-refractivity contribution in [1.29, 1.82) is 0 Å². The molecule has 1 fully saturated rings. The fourth-order valence-electron chi connectivity index (χ4n) is 3.24. The van der Waals surface area contributed by atoms with Crippen LogP contribution in [0.3, 0.4) is 0 Å². The van der Waals surface area contributed by atoms with Crippen molar-refractivity contribution in [3.8, 4) is 0 Å². The Balaban J connectivity index is 1.76. The predicted molar refractivity (Wildman–Crippen MR) is 111 cm³/mol. The monoisotopic (exact) mass is 435 g/mol. The molecule has 166 valence electrons. The topological polar surface area (TPSA) is 86.4 Å². The van der Waals surface area contributed by atoms with Crippen LogP contribution in [0.1, 0.15) is 22.3 Å². The molecule has 2 heterocycles. The molecular weight excluding hydrogens is 411 g/mol. The van der Waals surface area contributed by atoms with E-state index in [2.05, 4.69) is 20.9 Å². The zero-order chi connectivity index (χ0) is 22.4. The van der Waals surface area contributed by atoms with E-state index in [4.69, 9.17) is 0 Å². The van der Waals surface area contributed by atoms with Gasteiger partial charge in [-0.2, -0.15) is 0 Å². The molecule has 0 radical (unpaired) electrons. The summed E-state index contributed by atoms with van der Waals surface area (Å²) in [5.74, 6) is -3.48. The quantitative estimate of drug-likeness (QED) is 0.592. The second-order valence-electron chi connectivity index (χ2n) is 7.26. The number of nitrogens with one attached hydrogen (secondary N) is 3. The van der Waals surface area contributed by atoms with Gasteiger partial charge in [0.15, 0.2) is 0 Å². The molecule has 0 saturated carbocycles. The number of halogens is 3. The van der Waals surface area contributed by atoms with E-state index >= 15 is 0 Å². The number of benzene rings is 1. The minimum Gasteiger partial charge on any atom is -0.369 e. The Bertz CT molecular complexity index is 954. The molecule has 0 unspecified atom stereocenters. The highest BCUT2D eigenvalue weighted by molar-refractivity contribution is 6.00. The summed E-state index contributed by atoms with van der Waals surface area (Å²) in [5, 5.41) is 7.94. The van der Waals surface area contributed by atoms with Gasteiger partial charge in [-0.3, -0.25) is 9.59 Å². The highest BCUT2D eigenvalue weighted by Crippen LogP contribution is 2.31. The summed E-state index contributed by atoms with van der Waals surface area (Å²) in [7, 11) is 1.45. The van der Waals surface area contributed by atoms with E-state index in [1.54, 1.807) is 12.1 Å². The number of carbonyl (C=O) groups is 2. The van der Waals surface area contributed by atoms with Crippen molar-refractivity contribution in [2.45, 2.75) is 18.8 Å². The zero-order valence-corrected chi connectivity index (χ0v) is 17.1. The summed E-state index contributed by atoms with van der Waals surface area (Å²) in [6, 6.07) is 9.14. The third-order valence-corrected chi connectivity index (χ3v) is 4.90. The highest BCUT2D eigenvalue weighted by Gasteiger charge is 2.39. The average molecular weight is 435 g/mol. The third kappa shape index (κ3) is 6.09. The van der Waals surface area contributed by atoms with Crippen LogP contribution in [0.4, 0.5) is 24.8 Å². The second kappa shape index (κ2) is 9.67. The van der Waals surface area contributed by atoms with Crippen LogP contribution in [0, 0.1) is 5.82 Å². The van der Waals surface area contributed by atoms with Crippen LogP contribution in [0.2, 0.25) is 0 Å². The summed E-state index contributed by atoms with van der Waals surface area (Å²) in [4.78, 5) is 29.8. The van der Waals surface area contributed by atoms with Crippen LogP contribution < -0.4 is 20.9 Å². The molecule has 3 N–H and O–H groups in total. The summed E-state index contributed by atoms with van der Waals surface area (Å²) < 4.78 is 40.6. The second-order valence-corrected chi connectivity index (χ2v) is 7.26. The average Bonchev–Trinajstić information content (AvgIpc) is 3.11. The van der Waals surface area contributed by atoms with Gasteiger partial charge in [0, 0.05) is 26.6 Å². The Kier molecular flexibility index (Phi) is 6.98. The maximum Gasteiger partial charge on any atom is 0.266 e. The van der Waals surface area contributed by atoms with Gasteiger partial charge >= 0.3 is 0 Å². The molecule has 0 atom stereocenters. The van der Waals surface area contributed by atoms with Crippen LogP contribution >= 0.6 is 0 Å². The zero-order valence-electron chi connectivity index (χ0n) is 17.1. The summed E-state index contributed by atoms with van der Waals surface area (Å²) in [6.07, 6.45) is 0.204. The van der Waals surface area contributed by atoms with Crippen molar-refractivity contribution >= 4 is 23.5 Å². The Morgan fingerprint density at radius 1 is 1.23 bits per heavy atom. The van der Waals surface area contributed by atoms with Crippen LogP contribution in [0.25, 0.3) is 0 Å². The molecular formula is C21H24F3N5O2. The van der Waals surface area contributed by atoms with Crippen LogP contribution in [0.5, 0.6) is 0 Å². The van der Waals surface area contributed by atoms with E-state index in [0.29, 0.717) is 18.8 Å². The van der Waals surface area contributed by atoms with Gasteiger partial charge in [0.1, 0.15) is 17.5 Å². The molecule has 1 aliphatic heterocycles. The van der Waals surface area contributed by atoms with Gasteiger partial charge in [0.05, 0.1) is 18.7 Å². The molecule has 1 aliphatic rings. The highest BCUT2D eigenvalue weighted by atomic mass is 19.3. The van der Waals surface area contributed by atoms with Crippen molar-refractivity contribution in [1.82, 2.24) is 15.6 Å². The normalized spacial score (nSPS) is 14.9. The number of rotatable bonds is 8. The maximum absolute atomic E-state index is 13.6. The standard InChI is InChI=1S/C21H24F3N5O2/c1-25-18(30)12-27-20(31)16-5-6-17(29-10-8-21(23,24)13-29)28-19(16)26-9-7-14-3-2-4-15(22)11-14/h2-6,11H,7-10,12-13H2,1H3,(H,25,30)(H,26,28)(H,27,31). The number of anilines is 2. The summed E-state index contributed by atoms with van der Waals surface area (Å²) in [6.45, 7) is -0.153. The smallest absolute Gasteiger partial charge is 0.266 e. The number of likely N-dealkylation sites (N-methyl/N-ethyl adjacent to an activating group) is 1. The lowest BCUT2D eigenvalue weighted by atomic mass is 10.1. The molecule has 1 saturated heterocycles. The first-order valence-electron chi connectivity index (χ1n) is 9.88. The predicted octanol–water partition coefficient (Wildman–Crippen LogP) is 2.20. The van der Waals surface area contributed by atoms with E-state index in [1.807, 2.05) is 0 Å². The van der Waals surface area contributed by atoms with Gasteiger partial charge in [-0.25, -0.2) is 18.2 Å². The molecule has 2 amide bonds. The number of nitrogens with zero attached hydrogens (tertiary/aromatic N) is 2. The van der Waals surface area contributed by atoms with Crippen molar-refractivity contribution in [2.24, 2.45) is 0 Å². The number of amides is 2. The molecule has 2 aromatic rings. The number of hydrogen-bond donors (Lipinski definition) is 3. The first-order chi connectivity index (χ1) is 14.8. The van der Waals surface area contributed by atoms with E-state index < -0.39 is 18.4 Å². The molecule has 10 heteroatoms. The molecule has 0 aliphatic carbocycles. The molecule has 1 aromatic carbocycles. The van der Waals surface area contributed by atoms with Crippen molar-refractivity contribution in [2.75, 3.05) is 43.4 Å². The third-order valence-electron chi connectivity index (χ3n) is 4.90. The minimum absolute atomic E-state index is 0.158. The van der Waals surface area contributed by atoms with E-state index in [0.717, 1.165) is 5.56 Å². The number of pyridine rings is 1. The van der Waals surface area contributed by atoms with Gasteiger partial charge in [-0.05, 0) is 36.2 Å². The van der Waals surface area contributed by atoms with E-state index in [-0.39, 0.29) is 42.6 Å². The first-order valence-corrected chi connectivity index (χ1v) is 9.88. The Labute approximate surface area is 178 Å². The first kappa shape index (κ1) is 22.4. The number of hydrogen-bond acceptors (Lipinski definition) is 5. The van der Waals surface area contributed by atoms with E-state index in [9.17, 15) is 22.8 Å². The van der Waals surface area contributed by atoms with E-state index in [1.165, 1.54) is 36.2 Å². The van der Waals surface area contributed by atoms with Crippen LogP contribution in [-0.2, 0) is 11.2 Å². The van der Waals surface area contributed by atoms with Crippen molar-refractivity contribution < 1.29 is 22.8 Å². The fourth-order valence-corrected chi connectivity index (χ4v) is 3.24. The number of alkyl halides is 2. The Morgan fingerprint density at radius 3 is 2.71 bits per heavy atom. The molecule has 7 nitrogen and oxygen atoms in total. The number of carbonyl (C=O) groups excluding carboxylic acids is 2. The largest absolute Gasteiger partial charge is 0.369 e.